The fraction of sp³-hybridized carbons (Fsp3) is 0.133. The van der Waals surface area contributed by atoms with Crippen LogP contribution in [0.1, 0.15) is 21.5 Å². The molecule has 1 aromatic carbocycles. The minimum absolute atomic E-state index is 0.217. The van der Waals surface area contributed by atoms with E-state index in [0.717, 1.165) is 15.6 Å². The molecule has 4 nitrogen and oxygen atoms in total. The van der Waals surface area contributed by atoms with E-state index in [-0.39, 0.29) is 11.0 Å². The zero-order valence-electron chi connectivity index (χ0n) is 11.6. The number of carbonyl (C=O) groups excluding carboxylic acids is 1. The molecule has 2 rings (SSSR count). The number of nitrogens with one attached hydrogen (secondary N) is 2. The zero-order chi connectivity index (χ0) is 15.4. The molecule has 0 atom stereocenters. The third-order valence-corrected chi connectivity index (χ3v) is 3.35. The molecule has 2 aromatic rings. The lowest BCUT2D eigenvalue weighted by molar-refractivity contribution is 0.0977. The van der Waals surface area contributed by atoms with Crippen LogP contribution in [0.4, 0.5) is 5.82 Å². The summed E-state index contributed by atoms with van der Waals surface area (Å²) >= 11 is 8.42. The third kappa shape index (κ3) is 4.61. The van der Waals surface area contributed by atoms with Crippen molar-refractivity contribution in [1.82, 2.24) is 10.3 Å². The Morgan fingerprint density at radius 3 is 2.43 bits per heavy atom. The van der Waals surface area contributed by atoms with Crippen LogP contribution >= 0.6 is 28.1 Å². The Morgan fingerprint density at radius 1 is 1.19 bits per heavy atom. The predicted octanol–water partition coefficient (Wildman–Crippen LogP) is 3.59. The maximum absolute atomic E-state index is 12.1. The summed E-state index contributed by atoms with van der Waals surface area (Å²) in [5.41, 5.74) is 2.66. The van der Waals surface area contributed by atoms with E-state index in [4.69, 9.17) is 12.2 Å². The van der Waals surface area contributed by atoms with Crippen LogP contribution in [0.15, 0.2) is 41.0 Å². The van der Waals surface area contributed by atoms with E-state index in [1.54, 1.807) is 12.3 Å². The van der Waals surface area contributed by atoms with Gasteiger partial charge in [0.05, 0.1) is 0 Å². The normalized spacial score (nSPS) is 10.0. The van der Waals surface area contributed by atoms with Crippen LogP contribution in [0.25, 0.3) is 0 Å². The Bertz CT molecular complexity index is 666. The Hall–Kier alpha value is -1.79. The molecule has 0 spiro atoms. The lowest BCUT2D eigenvalue weighted by Gasteiger charge is -2.10. The monoisotopic (exact) mass is 363 g/mol. The van der Waals surface area contributed by atoms with Crippen LogP contribution < -0.4 is 10.6 Å². The molecule has 1 aromatic heterocycles. The van der Waals surface area contributed by atoms with Gasteiger partial charge in [0.1, 0.15) is 5.82 Å². The van der Waals surface area contributed by atoms with Crippen molar-refractivity contribution in [3.8, 4) is 0 Å². The van der Waals surface area contributed by atoms with E-state index in [1.807, 2.05) is 38.1 Å². The highest BCUT2D eigenvalue weighted by Crippen LogP contribution is 2.11. The fourth-order valence-electron chi connectivity index (χ4n) is 1.88. The van der Waals surface area contributed by atoms with E-state index in [0.29, 0.717) is 11.4 Å². The number of hydrogen-bond donors (Lipinski definition) is 2. The summed E-state index contributed by atoms with van der Waals surface area (Å²) in [4.78, 5) is 16.3. The Labute approximate surface area is 137 Å². The van der Waals surface area contributed by atoms with Crippen molar-refractivity contribution in [3.05, 3.63) is 57.7 Å². The number of aryl methyl sites for hydroxylation is 2. The molecule has 0 aliphatic carbocycles. The number of rotatable bonds is 2. The molecule has 2 N–H and O–H groups in total. The topological polar surface area (TPSA) is 54.0 Å². The minimum atomic E-state index is -0.239. The van der Waals surface area contributed by atoms with Crippen LogP contribution in [0.2, 0.25) is 0 Å². The summed E-state index contributed by atoms with van der Waals surface area (Å²) < 4.78 is 0.873. The smallest absolute Gasteiger partial charge is 0.257 e. The van der Waals surface area contributed by atoms with Crippen molar-refractivity contribution >= 4 is 45.0 Å². The third-order valence-electron chi connectivity index (χ3n) is 2.68. The number of halogens is 1. The van der Waals surface area contributed by atoms with Gasteiger partial charge in [-0.15, -0.1) is 0 Å². The van der Waals surface area contributed by atoms with Crippen molar-refractivity contribution in [1.29, 1.82) is 0 Å². The summed E-state index contributed by atoms with van der Waals surface area (Å²) in [7, 11) is 0. The van der Waals surface area contributed by atoms with Gasteiger partial charge in [-0.25, -0.2) is 4.98 Å². The average molecular weight is 364 g/mol. The predicted molar refractivity (Wildman–Crippen MR) is 91.5 cm³/mol. The van der Waals surface area contributed by atoms with Crippen molar-refractivity contribution < 1.29 is 4.79 Å². The summed E-state index contributed by atoms with van der Waals surface area (Å²) in [6, 6.07) is 9.26. The Kier molecular flexibility index (Phi) is 5.03. The molecule has 0 fully saturated rings. The summed E-state index contributed by atoms with van der Waals surface area (Å²) in [5, 5.41) is 5.73. The summed E-state index contributed by atoms with van der Waals surface area (Å²) in [6.07, 6.45) is 1.65. The number of nitrogens with zero attached hydrogens (tertiary/aromatic N) is 1. The van der Waals surface area contributed by atoms with Gasteiger partial charge in [-0.2, -0.15) is 0 Å². The number of pyridine rings is 1. The van der Waals surface area contributed by atoms with Crippen LogP contribution in [-0.2, 0) is 0 Å². The number of anilines is 1. The highest BCUT2D eigenvalue weighted by atomic mass is 79.9. The van der Waals surface area contributed by atoms with Gasteiger partial charge in [-0.3, -0.25) is 10.1 Å². The van der Waals surface area contributed by atoms with Crippen molar-refractivity contribution in [2.24, 2.45) is 0 Å². The van der Waals surface area contributed by atoms with Gasteiger partial charge in [0.15, 0.2) is 5.11 Å². The van der Waals surface area contributed by atoms with Gasteiger partial charge >= 0.3 is 0 Å². The molecule has 0 radical (unpaired) electrons. The molecule has 0 saturated carbocycles. The van der Waals surface area contributed by atoms with E-state index in [9.17, 15) is 4.79 Å². The molecule has 0 saturated heterocycles. The van der Waals surface area contributed by atoms with Gasteiger partial charge in [0, 0.05) is 16.2 Å². The number of amides is 1. The lowest BCUT2D eigenvalue weighted by Crippen LogP contribution is -2.34. The van der Waals surface area contributed by atoms with Gasteiger partial charge in [0.25, 0.3) is 5.91 Å². The van der Waals surface area contributed by atoms with E-state index < -0.39 is 0 Å². The first-order valence-corrected chi connectivity index (χ1v) is 7.46. The standard InChI is InChI=1S/C15H14BrN3OS/c1-9-5-10(2)7-11(6-9)14(20)19-15(21)18-13-4-3-12(16)8-17-13/h3-8H,1-2H3,(H2,17,18,19,20,21). The molecule has 6 heteroatoms. The molecule has 0 aliphatic rings. The van der Waals surface area contributed by atoms with E-state index in [1.165, 1.54) is 0 Å². The first-order valence-electron chi connectivity index (χ1n) is 6.26. The zero-order valence-corrected chi connectivity index (χ0v) is 14.0. The highest BCUT2D eigenvalue weighted by molar-refractivity contribution is 9.10. The first kappa shape index (κ1) is 15.6. The van der Waals surface area contributed by atoms with Crippen LogP contribution in [0, 0.1) is 13.8 Å². The highest BCUT2D eigenvalue weighted by Gasteiger charge is 2.09. The molecule has 0 aliphatic heterocycles. The second-order valence-electron chi connectivity index (χ2n) is 4.65. The molecule has 108 valence electrons. The molecule has 21 heavy (non-hydrogen) atoms. The van der Waals surface area contributed by atoms with Crippen molar-refractivity contribution in [3.63, 3.8) is 0 Å². The first-order chi connectivity index (χ1) is 9.94. The largest absolute Gasteiger partial charge is 0.317 e. The van der Waals surface area contributed by atoms with E-state index in [2.05, 4.69) is 31.5 Å². The second kappa shape index (κ2) is 6.78. The van der Waals surface area contributed by atoms with Gasteiger partial charge in [-0.1, -0.05) is 17.2 Å². The summed E-state index contributed by atoms with van der Waals surface area (Å²) in [6.45, 7) is 3.90. The molecular weight excluding hydrogens is 350 g/mol. The van der Waals surface area contributed by atoms with E-state index >= 15 is 0 Å². The summed E-state index contributed by atoms with van der Waals surface area (Å²) in [5.74, 6) is 0.334. The number of carbonyl (C=O) groups is 1. The van der Waals surface area contributed by atoms with Crippen LogP contribution in [0.3, 0.4) is 0 Å². The number of benzene rings is 1. The average Bonchev–Trinajstić information content (AvgIpc) is 2.40. The van der Waals surface area contributed by atoms with Gasteiger partial charge < -0.3 is 5.32 Å². The maximum atomic E-state index is 12.1. The fourth-order valence-corrected chi connectivity index (χ4v) is 2.31. The van der Waals surface area contributed by atoms with Crippen LogP contribution in [-0.4, -0.2) is 16.0 Å². The van der Waals surface area contributed by atoms with Crippen molar-refractivity contribution in [2.45, 2.75) is 13.8 Å². The van der Waals surface area contributed by atoms with Gasteiger partial charge in [-0.05, 0) is 66.3 Å². The second-order valence-corrected chi connectivity index (χ2v) is 5.97. The lowest BCUT2D eigenvalue weighted by atomic mass is 10.1. The molecule has 1 heterocycles. The Balaban J connectivity index is 2.01. The molecule has 0 unspecified atom stereocenters. The van der Waals surface area contributed by atoms with Crippen LogP contribution in [0.5, 0.6) is 0 Å². The Morgan fingerprint density at radius 2 is 1.86 bits per heavy atom. The molecule has 0 bridgehead atoms. The number of hydrogen-bond acceptors (Lipinski definition) is 3. The molecule has 1 amide bonds. The van der Waals surface area contributed by atoms with Gasteiger partial charge in [0.2, 0.25) is 0 Å². The number of thiocarbonyl (C=S) groups is 1. The maximum Gasteiger partial charge on any atom is 0.257 e. The van der Waals surface area contributed by atoms with Crippen molar-refractivity contribution in [2.75, 3.05) is 5.32 Å². The number of aromatic nitrogens is 1. The quantitative estimate of drug-likeness (QED) is 0.800. The molecular formula is C15H14BrN3OS. The SMILES string of the molecule is Cc1cc(C)cc(C(=O)NC(=S)Nc2ccc(Br)cn2)c1. The minimum Gasteiger partial charge on any atom is -0.317 e.